The molecule has 2 fully saturated rings. The van der Waals surface area contributed by atoms with Gasteiger partial charge in [-0.25, -0.2) is 0 Å². The van der Waals surface area contributed by atoms with Crippen molar-refractivity contribution in [1.82, 2.24) is 4.90 Å². The molecule has 0 bridgehead atoms. The molecular weight excluding hydrogens is 182 g/mol. The molecule has 1 atom stereocenters. The van der Waals surface area contributed by atoms with Gasteiger partial charge in [0.2, 0.25) is 5.72 Å². The van der Waals surface area contributed by atoms with Crippen LogP contribution >= 0.6 is 0 Å². The zero-order valence-electron chi connectivity index (χ0n) is 8.28. The summed E-state index contributed by atoms with van der Waals surface area (Å²) in [6.45, 7) is 0.801. The van der Waals surface area contributed by atoms with Crippen molar-refractivity contribution in [3.05, 3.63) is 6.42 Å². The summed E-state index contributed by atoms with van der Waals surface area (Å²) >= 11 is 0. The highest BCUT2D eigenvalue weighted by Gasteiger charge is 2.49. The summed E-state index contributed by atoms with van der Waals surface area (Å²) in [6, 6.07) is 0. The normalized spacial score (nSPS) is 34.6. The van der Waals surface area contributed by atoms with Crippen molar-refractivity contribution in [2.45, 2.75) is 31.4 Å². The van der Waals surface area contributed by atoms with Crippen molar-refractivity contribution in [3.8, 4) is 0 Å². The second-order valence-electron chi connectivity index (χ2n) is 3.86. The Kier molecular flexibility index (Phi) is 2.31. The van der Waals surface area contributed by atoms with Crippen LogP contribution in [0.5, 0.6) is 0 Å². The smallest absolute Gasteiger partial charge is 0.308 e. The zero-order chi connectivity index (χ0) is 10.2. The van der Waals surface area contributed by atoms with Crippen LogP contribution in [0.1, 0.15) is 25.7 Å². The van der Waals surface area contributed by atoms with Crippen LogP contribution in [0, 0.1) is 6.42 Å². The number of carbonyl (C=O) groups excluding carboxylic acids is 2. The molecule has 0 aromatic carbocycles. The fraction of sp³-hybridized carbons (Fsp3) is 0.700. The lowest BCUT2D eigenvalue weighted by Crippen LogP contribution is -2.60. The van der Waals surface area contributed by atoms with Gasteiger partial charge in [-0.15, -0.1) is 0 Å². The first kappa shape index (κ1) is 9.65. The molecule has 2 rings (SSSR count). The highest BCUT2D eigenvalue weighted by atomic mass is 16.6. The van der Waals surface area contributed by atoms with Crippen molar-refractivity contribution >= 4 is 11.8 Å². The second-order valence-corrected chi connectivity index (χ2v) is 3.86. The molecule has 0 aromatic heterocycles. The van der Waals surface area contributed by atoms with E-state index < -0.39 is 5.72 Å². The van der Waals surface area contributed by atoms with Crippen LogP contribution in [0.4, 0.5) is 0 Å². The third kappa shape index (κ3) is 1.34. The molecule has 0 saturated carbocycles. The van der Waals surface area contributed by atoms with Crippen molar-refractivity contribution < 1.29 is 14.3 Å². The number of ketones is 1. The molecule has 77 valence electrons. The molecule has 2 heterocycles. The van der Waals surface area contributed by atoms with Gasteiger partial charge in [-0.1, -0.05) is 0 Å². The Morgan fingerprint density at radius 1 is 1.43 bits per heavy atom. The van der Waals surface area contributed by atoms with Gasteiger partial charge in [-0.2, -0.15) is 0 Å². The van der Waals surface area contributed by atoms with Gasteiger partial charge in [0.25, 0.3) is 0 Å². The predicted octanol–water partition coefficient (Wildman–Crippen LogP) is 0.519. The lowest BCUT2D eigenvalue weighted by Gasteiger charge is -2.44. The van der Waals surface area contributed by atoms with Crippen LogP contribution in [0.3, 0.4) is 0 Å². The number of piperidine rings is 1. The number of nitrogens with zero attached hydrogens (tertiary/aromatic N) is 1. The van der Waals surface area contributed by atoms with Gasteiger partial charge in [0.1, 0.15) is 0 Å². The number of hydrogen-bond acceptors (Lipinski definition) is 4. The SMILES string of the molecule is CN1CCC[CH]C12OC(=O)CCC2=O. The minimum Gasteiger partial charge on any atom is -0.436 e. The third-order valence-corrected chi connectivity index (χ3v) is 2.91. The lowest BCUT2D eigenvalue weighted by molar-refractivity contribution is -0.192. The summed E-state index contributed by atoms with van der Waals surface area (Å²) in [4.78, 5) is 24.8. The van der Waals surface area contributed by atoms with Gasteiger partial charge in [0.05, 0.1) is 6.42 Å². The second kappa shape index (κ2) is 3.35. The Balaban J connectivity index is 2.25. The molecule has 0 aromatic rings. The maximum atomic E-state index is 11.8. The number of ether oxygens (including phenoxy) is 1. The Hall–Kier alpha value is -0.900. The first-order chi connectivity index (χ1) is 6.65. The van der Waals surface area contributed by atoms with Crippen LogP contribution in [0.15, 0.2) is 0 Å². The minimum atomic E-state index is -1.03. The average molecular weight is 196 g/mol. The van der Waals surface area contributed by atoms with Crippen LogP contribution in [0.2, 0.25) is 0 Å². The minimum absolute atomic E-state index is 0.0132. The molecule has 4 nitrogen and oxygen atoms in total. The molecule has 2 aliphatic heterocycles. The van der Waals surface area contributed by atoms with E-state index in [1.165, 1.54) is 0 Å². The van der Waals surface area contributed by atoms with E-state index in [1.807, 2.05) is 18.4 Å². The average Bonchev–Trinajstić information content (AvgIpc) is 2.17. The summed E-state index contributed by atoms with van der Waals surface area (Å²) < 4.78 is 5.22. The van der Waals surface area contributed by atoms with Crippen molar-refractivity contribution in [1.29, 1.82) is 0 Å². The predicted molar refractivity (Wildman–Crippen MR) is 49.2 cm³/mol. The van der Waals surface area contributed by atoms with Crippen LogP contribution in [-0.2, 0) is 14.3 Å². The molecule has 4 heteroatoms. The summed E-state index contributed by atoms with van der Waals surface area (Å²) in [7, 11) is 1.83. The van der Waals surface area contributed by atoms with Gasteiger partial charge < -0.3 is 4.74 Å². The standard InChI is InChI=1S/C10H14NO3/c1-11-7-3-2-6-10(11)8(12)4-5-9(13)14-10/h6H,2-5,7H2,1H3. The fourth-order valence-corrected chi connectivity index (χ4v) is 2.07. The number of likely N-dealkylation sites (N-methyl/N-ethyl adjacent to an activating group) is 1. The number of carbonyl (C=O) groups is 2. The molecular formula is C10H14NO3. The van der Waals surface area contributed by atoms with Gasteiger partial charge in [0.15, 0.2) is 5.78 Å². The highest BCUT2D eigenvalue weighted by Crippen LogP contribution is 2.32. The maximum Gasteiger partial charge on any atom is 0.308 e. The van der Waals surface area contributed by atoms with E-state index in [0.717, 1.165) is 19.4 Å². The molecule has 1 spiro atoms. The summed E-state index contributed by atoms with van der Waals surface area (Å²) in [6.07, 6.45) is 4.21. The van der Waals surface area contributed by atoms with Gasteiger partial charge >= 0.3 is 5.97 Å². The lowest BCUT2D eigenvalue weighted by atomic mass is 9.90. The Morgan fingerprint density at radius 3 is 2.93 bits per heavy atom. The highest BCUT2D eigenvalue weighted by molar-refractivity contribution is 5.95. The van der Waals surface area contributed by atoms with E-state index in [4.69, 9.17) is 4.74 Å². The maximum absolute atomic E-state index is 11.8. The van der Waals surface area contributed by atoms with E-state index in [0.29, 0.717) is 6.42 Å². The summed E-state index contributed by atoms with van der Waals surface area (Å²) in [5, 5.41) is 0. The zero-order valence-corrected chi connectivity index (χ0v) is 8.28. The molecule has 1 unspecified atom stereocenters. The fourth-order valence-electron chi connectivity index (χ4n) is 2.07. The number of Topliss-reactive ketones (excluding diaryl/α,β-unsaturated/α-hetero) is 1. The number of likely N-dealkylation sites (tertiary alicyclic amines) is 1. The number of hydrogen-bond donors (Lipinski definition) is 0. The van der Waals surface area contributed by atoms with Crippen LogP contribution in [0.25, 0.3) is 0 Å². The topological polar surface area (TPSA) is 46.6 Å². The molecule has 1 radical (unpaired) electrons. The van der Waals surface area contributed by atoms with Crippen molar-refractivity contribution in [2.75, 3.05) is 13.6 Å². The van der Waals surface area contributed by atoms with Gasteiger partial charge in [0, 0.05) is 19.4 Å². The van der Waals surface area contributed by atoms with E-state index >= 15 is 0 Å². The first-order valence-electron chi connectivity index (χ1n) is 4.96. The monoisotopic (exact) mass is 196 g/mol. The van der Waals surface area contributed by atoms with E-state index in [1.54, 1.807) is 0 Å². The number of esters is 1. The summed E-state index contributed by atoms with van der Waals surface area (Å²) in [5.74, 6) is -0.256. The van der Waals surface area contributed by atoms with Crippen molar-refractivity contribution in [2.24, 2.45) is 0 Å². The Labute approximate surface area is 83.2 Å². The van der Waals surface area contributed by atoms with Gasteiger partial charge in [-0.05, 0) is 19.9 Å². The largest absolute Gasteiger partial charge is 0.436 e. The van der Waals surface area contributed by atoms with E-state index in [2.05, 4.69) is 0 Å². The first-order valence-corrected chi connectivity index (χ1v) is 4.96. The van der Waals surface area contributed by atoms with Gasteiger partial charge in [-0.3, -0.25) is 14.5 Å². The third-order valence-electron chi connectivity index (χ3n) is 2.91. The van der Waals surface area contributed by atoms with Crippen LogP contribution < -0.4 is 0 Å². The quantitative estimate of drug-likeness (QED) is 0.530. The van der Waals surface area contributed by atoms with Crippen LogP contribution in [-0.4, -0.2) is 36.0 Å². The van der Waals surface area contributed by atoms with E-state index in [-0.39, 0.29) is 18.2 Å². The molecule has 0 N–H and O–H groups in total. The van der Waals surface area contributed by atoms with E-state index in [9.17, 15) is 9.59 Å². The molecule has 0 aliphatic carbocycles. The Bertz CT molecular complexity index is 277. The molecule has 2 aliphatic rings. The van der Waals surface area contributed by atoms with Crippen molar-refractivity contribution in [3.63, 3.8) is 0 Å². The number of rotatable bonds is 0. The molecule has 0 amide bonds. The summed E-state index contributed by atoms with van der Waals surface area (Å²) in [5.41, 5.74) is -1.03. The Morgan fingerprint density at radius 2 is 2.21 bits per heavy atom. The molecule has 14 heavy (non-hydrogen) atoms. The molecule has 2 saturated heterocycles.